The summed E-state index contributed by atoms with van der Waals surface area (Å²) in [6.45, 7) is 0. The van der Waals surface area contributed by atoms with E-state index in [9.17, 15) is 9.18 Å². The van der Waals surface area contributed by atoms with E-state index in [0.717, 1.165) is 6.07 Å². The molecule has 0 aliphatic heterocycles. The van der Waals surface area contributed by atoms with Gasteiger partial charge in [-0.3, -0.25) is 4.79 Å². The van der Waals surface area contributed by atoms with Crippen molar-refractivity contribution in [2.75, 3.05) is 20.0 Å². The molecule has 0 bridgehead atoms. The van der Waals surface area contributed by atoms with Crippen LogP contribution < -0.4 is 15.2 Å². The second-order valence-corrected chi connectivity index (χ2v) is 4.13. The van der Waals surface area contributed by atoms with E-state index in [1.807, 2.05) is 0 Å². The fourth-order valence-corrected chi connectivity index (χ4v) is 1.82. The Kier molecular flexibility index (Phi) is 3.89. The van der Waals surface area contributed by atoms with Gasteiger partial charge in [0.2, 0.25) is 0 Å². The quantitative estimate of drug-likeness (QED) is 0.688. The van der Waals surface area contributed by atoms with Crippen LogP contribution in [0.3, 0.4) is 0 Å². The van der Waals surface area contributed by atoms with Crippen LogP contribution in [0, 0.1) is 5.82 Å². The van der Waals surface area contributed by atoms with Gasteiger partial charge >= 0.3 is 0 Å². The van der Waals surface area contributed by atoms with Crippen molar-refractivity contribution in [3.8, 4) is 11.5 Å². The number of nitrogen functional groups attached to an aromatic ring is 1. The molecular weight excluding hydrogens is 261 g/mol. The first-order valence-corrected chi connectivity index (χ1v) is 5.88. The first-order valence-electron chi connectivity index (χ1n) is 5.88. The van der Waals surface area contributed by atoms with E-state index in [1.54, 1.807) is 18.2 Å². The summed E-state index contributed by atoms with van der Waals surface area (Å²) in [4.78, 5) is 12.4. The van der Waals surface area contributed by atoms with E-state index in [1.165, 1.54) is 26.4 Å². The average Bonchev–Trinajstić information content (AvgIpc) is 2.48. The molecule has 0 heterocycles. The summed E-state index contributed by atoms with van der Waals surface area (Å²) < 4.78 is 23.7. The van der Waals surface area contributed by atoms with Gasteiger partial charge in [0.25, 0.3) is 0 Å². The highest BCUT2D eigenvalue weighted by Gasteiger charge is 2.16. The molecule has 0 saturated heterocycles. The summed E-state index contributed by atoms with van der Waals surface area (Å²) in [6, 6.07) is 8.79. The highest BCUT2D eigenvalue weighted by Crippen LogP contribution is 2.27. The molecule has 4 nitrogen and oxygen atoms in total. The first kappa shape index (κ1) is 13.9. The topological polar surface area (TPSA) is 61.5 Å². The van der Waals surface area contributed by atoms with Crippen molar-refractivity contribution in [3.05, 3.63) is 53.3 Å². The molecule has 0 saturated carbocycles. The molecule has 104 valence electrons. The standard InChI is InChI=1S/C15H14FNO3/c1-19-10-4-6-14(20-2)11(8-10)15(18)9-3-5-13(17)12(16)7-9/h3-8H,17H2,1-2H3. The minimum atomic E-state index is -0.627. The number of anilines is 1. The van der Waals surface area contributed by atoms with Gasteiger partial charge in [-0.15, -0.1) is 0 Å². The Morgan fingerprint density at radius 2 is 1.85 bits per heavy atom. The van der Waals surface area contributed by atoms with Crippen LogP contribution in [0.5, 0.6) is 11.5 Å². The SMILES string of the molecule is COc1ccc(OC)c(C(=O)c2ccc(N)c(F)c2)c1. The number of carbonyl (C=O) groups is 1. The van der Waals surface area contributed by atoms with Crippen LogP contribution in [0.1, 0.15) is 15.9 Å². The van der Waals surface area contributed by atoms with Gasteiger partial charge in [0.1, 0.15) is 17.3 Å². The van der Waals surface area contributed by atoms with Crippen LogP contribution in [-0.2, 0) is 0 Å². The molecule has 2 rings (SSSR count). The fourth-order valence-electron chi connectivity index (χ4n) is 1.82. The van der Waals surface area contributed by atoms with Crippen LogP contribution in [0.15, 0.2) is 36.4 Å². The summed E-state index contributed by atoms with van der Waals surface area (Å²) in [6.07, 6.45) is 0. The Morgan fingerprint density at radius 1 is 1.10 bits per heavy atom. The smallest absolute Gasteiger partial charge is 0.196 e. The number of methoxy groups -OCH3 is 2. The Morgan fingerprint density at radius 3 is 2.45 bits per heavy atom. The van der Waals surface area contributed by atoms with Gasteiger partial charge in [-0.05, 0) is 36.4 Å². The first-order chi connectivity index (χ1) is 9.56. The Hall–Kier alpha value is -2.56. The molecule has 0 aliphatic rings. The van der Waals surface area contributed by atoms with Gasteiger partial charge in [-0.2, -0.15) is 0 Å². The number of rotatable bonds is 4. The summed E-state index contributed by atoms with van der Waals surface area (Å²) in [7, 11) is 2.96. The number of ether oxygens (including phenoxy) is 2. The van der Waals surface area contributed by atoms with Crippen molar-refractivity contribution in [1.82, 2.24) is 0 Å². The number of nitrogens with two attached hydrogens (primary N) is 1. The predicted molar refractivity (Wildman–Crippen MR) is 73.8 cm³/mol. The number of halogens is 1. The molecule has 0 spiro atoms. The second-order valence-electron chi connectivity index (χ2n) is 4.13. The van der Waals surface area contributed by atoms with Gasteiger partial charge in [-0.25, -0.2) is 4.39 Å². The molecule has 0 fully saturated rings. The Bertz CT molecular complexity index is 656. The number of hydrogen-bond donors (Lipinski definition) is 1. The normalized spacial score (nSPS) is 10.2. The third-order valence-corrected chi connectivity index (χ3v) is 2.91. The molecule has 20 heavy (non-hydrogen) atoms. The van der Waals surface area contributed by atoms with E-state index in [2.05, 4.69) is 0 Å². The van der Waals surface area contributed by atoms with Crippen molar-refractivity contribution in [2.45, 2.75) is 0 Å². The zero-order valence-corrected chi connectivity index (χ0v) is 11.1. The number of ketones is 1. The summed E-state index contributed by atoms with van der Waals surface area (Å²) in [5.41, 5.74) is 5.90. The zero-order chi connectivity index (χ0) is 14.7. The highest BCUT2D eigenvalue weighted by atomic mass is 19.1. The van der Waals surface area contributed by atoms with Crippen LogP contribution in [-0.4, -0.2) is 20.0 Å². The second kappa shape index (κ2) is 5.61. The van der Waals surface area contributed by atoms with Crippen LogP contribution in [0.2, 0.25) is 0 Å². The van der Waals surface area contributed by atoms with Crippen LogP contribution in [0.4, 0.5) is 10.1 Å². The third-order valence-electron chi connectivity index (χ3n) is 2.91. The van der Waals surface area contributed by atoms with E-state index >= 15 is 0 Å². The lowest BCUT2D eigenvalue weighted by molar-refractivity contribution is 0.103. The lowest BCUT2D eigenvalue weighted by atomic mass is 10.0. The molecule has 0 aliphatic carbocycles. The molecular formula is C15H14FNO3. The molecule has 0 radical (unpaired) electrons. The predicted octanol–water partition coefficient (Wildman–Crippen LogP) is 2.66. The summed E-state index contributed by atoms with van der Waals surface area (Å²) in [5, 5.41) is 0. The summed E-state index contributed by atoms with van der Waals surface area (Å²) >= 11 is 0. The number of carbonyl (C=O) groups excluding carboxylic acids is 1. The molecule has 2 N–H and O–H groups in total. The zero-order valence-electron chi connectivity index (χ0n) is 11.1. The van der Waals surface area contributed by atoms with Crippen molar-refractivity contribution in [1.29, 1.82) is 0 Å². The van der Waals surface area contributed by atoms with Crippen LogP contribution >= 0.6 is 0 Å². The highest BCUT2D eigenvalue weighted by molar-refractivity contribution is 6.11. The largest absolute Gasteiger partial charge is 0.497 e. The Balaban J connectivity index is 2.48. The van der Waals surface area contributed by atoms with Gasteiger partial charge in [0.15, 0.2) is 5.78 Å². The van der Waals surface area contributed by atoms with E-state index < -0.39 is 5.82 Å². The summed E-state index contributed by atoms with van der Waals surface area (Å²) in [5.74, 6) is -0.0736. The number of benzene rings is 2. The third kappa shape index (κ3) is 2.56. The van der Waals surface area contributed by atoms with E-state index in [4.69, 9.17) is 15.2 Å². The monoisotopic (exact) mass is 275 g/mol. The van der Waals surface area contributed by atoms with Crippen molar-refractivity contribution in [2.24, 2.45) is 0 Å². The maximum atomic E-state index is 13.4. The van der Waals surface area contributed by atoms with Crippen molar-refractivity contribution in [3.63, 3.8) is 0 Å². The van der Waals surface area contributed by atoms with Gasteiger partial charge in [0.05, 0.1) is 25.5 Å². The minimum Gasteiger partial charge on any atom is -0.497 e. The maximum Gasteiger partial charge on any atom is 0.196 e. The molecule has 0 amide bonds. The molecule has 2 aromatic rings. The Labute approximate surface area is 115 Å². The lowest BCUT2D eigenvalue weighted by Crippen LogP contribution is -2.05. The van der Waals surface area contributed by atoms with E-state index in [0.29, 0.717) is 17.1 Å². The molecule has 0 aromatic heterocycles. The fraction of sp³-hybridized carbons (Fsp3) is 0.133. The average molecular weight is 275 g/mol. The molecule has 2 aromatic carbocycles. The molecule has 0 atom stereocenters. The van der Waals surface area contributed by atoms with Gasteiger partial charge in [-0.1, -0.05) is 0 Å². The van der Waals surface area contributed by atoms with Gasteiger partial charge < -0.3 is 15.2 Å². The molecule has 5 heteroatoms. The number of hydrogen-bond acceptors (Lipinski definition) is 4. The lowest BCUT2D eigenvalue weighted by Gasteiger charge is -2.10. The van der Waals surface area contributed by atoms with Gasteiger partial charge in [0, 0.05) is 5.56 Å². The van der Waals surface area contributed by atoms with Crippen LogP contribution in [0.25, 0.3) is 0 Å². The van der Waals surface area contributed by atoms with E-state index in [-0.39, 0.29) is 17.0 Å². The van der Waals surface area contributed by atoms with Crippen molar-refractivity contribution >= 4 is 11.5 Å². The molecule has 0 unspecified atom stereocenters. The minimum absolute atomic E-state index is 0.000780. The van der Waals surface area contributed by atoms with Crippen molar-refractivity contribution < 1.29 is 18.7 Å². The maximum absolute atomic E-state index is 13.4.